The third kappa shape index (κ3) is 11.9. The van der Waals surface area contributed by atoms with Crippen LogP contribution in [0.25, 0.3) is 0 Å². The Bertz CT molecular complexity index is 2550. The zero-order valence-corrected chi connectivity index (χ0v) is 40.0. The van der Waals surface area contributed by atoms with Crippen LogP contribution < -0.4 is 20.4 Å². The molecule has 4 aromatic carbocycles. The number of rotatable bonds is 12. The van der Waals surface area contributed by atoms with E-state index in [0.717, 1.165) is 22.4 Å². The summed E-state index contributed by atoms with van der Waals surface area (Å²) in [5.74, 6) is -2.20. The van der Waals surface area contributed by atoms with Crippen molar-refractivity contribution in [1.82, 2.24) is 4.90 Å². The van der Waals surface area contributed by atoms with Gasteiger partial charge in [-0.15, -0.1) is 4.70 Å². The first-order valence-corrected chi connectivity index (χ1v) is 21.7. The Kier molecular flexibility index (Phi) is 15.8. The summed E-state index contributed by atoms with van der Waals surface area (Å²) in [6, 6.07) is 17.1. The predicted molar refractivity (Wildman–Crippen MR) is 247 cm³/mol. The molecule has 2 N–H and O–H groups in total. The molecular weight excluding hydrogens is 930 g/mol. The Morgan fingerprint density at radius 1 is 0.844 bits per heavy atom. The fourth-order valence-corrected chi connectivity index (χ4v) is 7.77. The van der Waals surface area contributed by atoms with Crippen LogP contribution in [-0.4, -0.2) is 69.9 Å². The summed E-state index contributed by atoms with van der Waals surface area (Å²) in [7, 11) is 0. The van der Waals surface area contributed by atoms with Crippen molar-refractivity contribution in [3.05, 3.63) is 109 Å². The molecular formula is C45H46Cl5N6O8+. The highest BCUT2D eigenvalue weighted by molar-refractivity contribution is 6.42. The van der Waals surface area contributed by atoms with Crippen molar-refractivity contribution < 1.29 is 42.9 Å². The second kappa shape index (κ2) is 20.3. The molecule has 2 aliphatic rings. The molecule has 1 atom stereocenters. The zero-order valence-electron chi connectivity index (χ0n) is 36.2. The van der Waals surface area contributed by atoms with Gasteiger partial charge in [-0.25, -0.2) is 14.5 Å². The number of nitrogens with zero attached hydrogens (tertiary/aromatic N) is 4. The maximum absolute atomic E-state index is 13.4. The number of carbonyl (C=O) groups excluding carboxylic acids is 6. The number of halogens is 5. The average molecular weight is 976 g/mol. The van der Waals surface area contributed by atoms with E-state index in [1.165, 1.54) is 47.8 Å². The van der Waals surface area contributed by atoms with E-state index in [-0.39, 0.29) is 45.5 Å². The van der Waals surface area contributed by atoms with Gasteiger partial charge < -0.3 is 20.1 Å². The normalized spacial score (nSPS) is 15.0. The summed E-state index contributed by atoms with van der Waals surface area (Å²) in [4.78, 5) is 77.6. The van der Waals surface area contributed by atoms with E-state index in [0.29, 0.717) is 45.0 Å². The van der Waals surface area contributed by atoms with Crippen molar-refractivity contribution >= 4 is 116 Å². The highest BCUT2D eigenvalue weighted by Gasteiger charge is 2.55. The molecule has 14 nitrogen and oxygen atoms in total. The van der Waals surface area contributed by atoms with E-state index in [1.807, 2.05) is 51.1 Å². The van der Waals surface area contributed by atoms with Gasteiger partial charge in [-0.1, -0.05) is 108 Å². The molecule has 2 heterocycles. The van der Waals surface area contributed by atoms with Crippen LogP contribution in [0, 0.1) is 26.2 Å². The number of nitrogens with one attached hydrogen (secondary N) is 2. The van der Waals surface area contributed by atoms with Crippen LogP contribution in [0.4, 0.5) is 27.5 Å². The lowest BCUT2D eigenvalue weighted by Gasteiger charge is -2.28. The number of imide groups is 1. The van der Waals surface area contributed by atoms with E-state index in [1.54, 1.807) is 32.9 Å². The molecule has 0 aromatic heterocycles. The topological polar surface area (TPSA) is 167 Å². The number of hydrogen-bond donors (Lipinski definition) is 2. The van der Waals surface area contributed by atoms with Crippen molar-refractivity contribution in [2.75, 3.05) is 28.8 Å². The molecule has 5 amide bonds. The molecule has 6 rings (SSSR count). The minimum Gasteiger partial charge on any atom is -0.493 e. The van der Waals surface area contributed by atoms with Gasteiger partial charge in [0.25, 0.3) is 11.8 Å². The SMILES string of the molecule is Cc1ccc(Cl)c([N+]2=NN(c3c(Cl)cc(Cl)cc3Cl)C(=O)C2)c1.Cc1ccc(OCCCC(=O)Nc2ccc(Cl)c(NC(=O)C(C(=O)C(C)(C)C)N3C(=O)OC(C)(C)C3=O)c2)c(C)c1. The first-order chi connectivity index (χ1) is 29.9. The Morgan fingerprint density at radius 3 is 2.08 bits per heavy atom. The smallest absolute Gasteiger partial charge is 0.418 e. The van der Waals surface area contributed by atoms with Crippen molar-refractivity contribution in [3.8, 4) is 5.75 Å². The minimum atomic E-state index is -1.79. The van der Waals surface area contributed by atoms with Crippen molar-refractivity contribution in [3.63, 3.8) is 0 Å². The van der Waals surface area contributed by atoms with Gasteiger partial charge in [0.2, 0.25) is 12.5 Å². The number of ketones is 1. The molecule has 4 aromatic rings. The first kappa shape index (κ1) is 49.8. The van der Waals surface area contributed by atoms with Crippen LogP contribution in [0.5, 0.6) is 5.75 Å². The minimum absolute atomic E-state index is 0.0401. The van der Waals surface area contributed by atoms with E-state index < -0.39 is 40.7 Å². The molecule has 0 aliphatic carbocycles. The summed E-state index contributed by atoms with van der Waals surface area (Å²) in [6.07, 6.45) is -0.429. The molecule has 0 radical (unpaired) electrons. The van der Waals surface area contributed by atoms with Crippen molar-refractivity contribution in [2.45, 2.75) is 79.9 Å². The molecule has 1 fully saturated rings. The lowest BCUT2D eigenvalue weighted by molar-refractivity contribution is -0.491. The predicted octanol–water partition coefficient (Wildman–Crippen LogP) is 11.1. The van der Waals surface area contributed by atoms with Crippen LogP contribution in [0.2, 0.25) is 25.1 Å². The van der Waals surface area contributed by atoms with Crippen LogP contribution >= 0.6 is 58.0 Å². The molecule has 2 aliphatic heterocycles. The average Bonchev–Trinajstić information content (AvgIpc) is 3.66. The van der Waals surface area contributed by atoms with Gasteiger partial charge in [-0.05, 0) is 101 Å². The van der Waals surface area contributed by atoms with Gasteiger partial charge >= 0.3 is 12.0 Å². The fourth-order valence-electron chi connectivity index (χ4n) is 6.41. The number of cyclic esters (lactones) is 1. The molecule has 0 bridgehead atoms. The zero-order chi connectivity index (χ0) is 47.4. The molecule has 1 unspecified atom stereocenters. The van der Waals surface area contributed by atoms with Gasteiger partial charge in [0.1, 0.15) is 11.0 Å². The summed E-state index contributed by atoms with van der Waals surface area (Å²) in [5.41, 5.74) is 1.94. The number of aryl methyl sites for hydroxylation is 3. The monoisotopic (exact) mass is 973 g/mol. The van der Waals surface area contributed by atoms with Crippen LogP contribution in [0.3, 0.4) is 0 Å². The summed E-state index contributed by atoms with van der Waals surface area (Å²) < 4.78 is 12.4. The standard InChI is InChI=1S/C30H36ClN3O7.C15H10Cl4N3O/c1-17-10-13-22(18(2)15-17)40-14-8-9-23(35)32-19-11-12-20(31)21(16-19)33-26(37)24(25(36)29(3,4)5)34-27(38)30(6,7)41-28(34)39;1-8-2-3-10(17)13(4-8)21-7-14(23)22(20-21)15-11(18)5-9(16)6-12(15)19/h10-13,15-16,24H,8-9,14H2,1-7H3,(H,32,35)(H,33,37);2-6H,7H2,1H3/q;+1. The lowest BCUT2D eigenvalue weighted by Crippen LogP contribution is -2.55. The quantitative estimate of drug-likeness (QED) is 0.0804. The summed E-state index contributed by atoms with van der Waals surface area (Å²) in [5, 5.41) is 12.2. The highest BCUT2D eigenvalue weighted by atomic mass is 35.5. The fraction of sp³-hybridized carbons (Fsp3) is 0.333. The largest absolute Gasteiger partial charge is 0.493 e. The Hall–Kier alpha value is -5.25. The number of hydrogen-bond acceptors (Lipinski definition) is 9. The van der Waals surface area contributed by atoms with Crippen LogP contribution in [-0.2, 0) is 28.7 Å². The third-order valence-electron chi connectivity index (χ3n) is 9.70. The van der Waals surface area contributed by atoms with Crippen LogP contribution in [0.1, 0.15) is 64.2 Å². The van der Waals surface area contributed by atoms with E-state index >= 15 is 0 Å². The maximum atomic E-state index is 13.4. The molecule has 0 saturated carbocycles. The number of anilines is 3. The second-order valence-electron chi connectivity index (χ2n) is 16.5. The summed E-state index contributed by atoms with van der Waals surface area (Å²) >= 11 is 30.7. The van der Waals surface area contributed by atoms with Gasteiger partial charge in [-0.2, -0.15) is 0 Å². The highest BCUT2D eigenvalue weighted by Crippen LogP contribution is 2.39. The first-order valence-electron chi connectivity index (χ1n) is 19.8. The van der Waals surface area contributed by atoms with E-state index in [2.05, 4.69) is 15.9 Å². The number of carbonyl (C=O) groups is 6. The van der Waals surface area contributed by atoms with Crippen molar-refractivity contribution in [1.29, 1.82) is 0 Å². The third-order valence-corrected chi connectivity index (χ3v) is 11.1. The maximum Gasteiger partial charge on any atom is 0.418 e. The van der Waals surface area contributed by atoms with Gasteiger partial charge in [0.05, 0.1) is 32.4 Å². The molecule has 338 valence electrons. The van der Waals surface area contributed by atoms with Gasteiger partial charge in [0, 0.05) is 22.5 Å². The van der Waals surface area contributed by atoms with E-state index in [4.69, 9.17) is 67.5 Å². The number of ether oxygens (including phenoxy) is 2. The van der Waals surface area contributed by atoms with Crippen LogP contribution in [0.15, 0.2) is 72.0 Å². The Morgan fingerprint density at radius 2 is 1.47 bits per heavy atom. The summed E-state index contributed by atoms with van der Waals surface area (Å²) in [6.45, 7) is 13.8. The molecule has 0 spiro atoms. The second-order valence-corrected chi connectivity index (χ2v) is 18.6. The van der Waals surface area contributed by atoms with Gasteiger partial charge in [0.15, 0.2) is 28.8 Å². The Balaban J connectivity index is 0.000000281. The number of Topliss-reactive ketones (excluding diaryl/α,β-unsaturated/α-hetero) is 1. The number of benzene rings is 4. The molecule has 64 heavy (non-hydrogen) atoms. The van der Waals surface area contributed by atoms with Gasteiger partial charge in [-0.3, -0.25) is 19.2 Å². The Labute approximate surface area is 395 Å². The van der Waals surface area contributed by atoms with Crippen molar-refractivity contribution in [2.24, 2.45) is 10.6 Å². The van der Waals surface area contributed by atoms with E-state index in [9.17, 15) is 28.8 Å². The molecule has 19 heteroatoms. The lowest BCUT2D eigenvalue weighted by atomic mass is 9.85. The molecule has 1 saturated heterocycles. The number of amides is 5.